The third-order valence-electron chi connectivity index (χ3n) is 4.91. The largest absolute Gasteiger partial charge is 0.353 e. The summed E-state index contributed by atoms with van der Waals surface area (Å²) in [6.45, 7) is 8.95. The molecule has 1 aliphatic heterocycles. The van der Waals surface area contributed by atoms with Crippen LogP contribution in [0.1, 0.15) is 45.4 Å². The van der Waals surface area contributed by atoms with Gasteiger partial charge in [-0.25, -0.2) is 4.98 Å². The number of anilines is 1. The lowest BCUT2D eigenvalue weighted by molar-refractivity contribution is -0.139. The molecule has 1 saturated carbocycles. The predicted molar refractivity (Wildman–Crippen MR) is 97.8 cm³/mol. The number of piperazine rings is 1. The Kier molecular flexibility index (Phi) is 4.17. The highest BCUT2D eigenvalue weighted by molar-refractivity contribution is 5.81. The molecular formula is C19H25N5O2. The molecule has 0 atom stereocenters. The van der Waals surface area contributed by atoms with Gasteiger partial charge in [-0.2, -0.15) is 4.98 Å². The second-order valence-corrected chi connectivity index (χ2v) is 8.16. The number of nitrogens with zero attached hydrogens (tertiary/aromatic N) is 5. The van der Waals surface area contributed by atoms with Crippen LogP contribution in [0.2, 0.25) is 0 Å². The molecule has 0 bridgehead atoms. The van der Waals surface area contributed by atoms with Gasteiger partial charge in [0.15, 0.2) is 0 Å². The number of aromatic nitrogens is 3. The SMILES string of the molecule is CC(C)(C)C(=O)N1CCN(c2ccc(-c3noc(C4CC4)n3)cn2)CC1. The first kappa shape index (κ1) is 17.0. The van der Waals surface area contributed by atoms with E-state index in [4.69, 9.17) is 4.52 Å². The quantitative estimate of drug-likeness (QED) is 0.843. The van der Waals surface area contributed by atoms with Crippen LogP contribution in [0.25, 0.3) is 11.4 Å². The average Bonchev–Trinajstić information content (AvgIpc) is 3.38. The lowest BCUT2D eigenvalue weighted by atomic mass is 9.94. The van der Waals surface area contributed by atoms with E-state index in [1.807, 2.05) is 37.8 Å². The molecule has 7 nitrogen and oxygen atoms in total. The van der Waals surface area contributed by atoms with Gasteiger partial charge < -0.3 is 14.3 Å². The van der Waals surface area contributed by atoms with E-state index in [1.54, 1.807) is 6.20 Å². The average molecular weight is 355 g/mol. The number of carbonyl (C=O) groups is 1. The second-order valence-electron chi connectivity index (χ2n) is 8.16. The molecular weight excluding hydrogens is 330 g/mol. The minimum atomic E-state index is -0.327. The molecule has 3 heterocycles. The maximum atomic E-state index is 12.4. The summed E-state index contributed by atoms with van der Waals surface area (Å²) in [5.74, 6) is 2.93. The first-order valence-electron chi connectivity index (χ1n) is 9.26. The third-order valence-corrected chi connectivity index (χ3v) is 4.91. The van der Waals surface area contributed by atoms with Gasteiger partial charge in [0.2, 0.25) is 17.6 Å². The van der Waals surface area contributed by atoms with Crippen molar-refractivity contribution < 1.29 is 9.32 Å². The molecule has 1 saturated heterocycles. The maximum absolute atomic E-state index is 12.4. The van der Waals surface area contributed by atoms with Crippen LogP contribution in [0, 0.1) is 5.41 Å². The van der Waals surface area contributed by atoms with E-state index < -0.39 is 0 Å². The van der Waals surface area contributed by atoms with Crippen LogP contribution in [0.3, 0.4) is 0 Å². The zero-order valence-electron chi connectivity index (χ0n) is 15.6. The summed E-state index contributed by atoms with van der Waals surface area (Å²) in [6.07, 6.45) is 4.08. The molecule has 1 amide bonds. The van der Waals surface area contributed by atoms with E-state index >= 15 is 0 Å². The minimum Gasteiger partial charge on any atom is -0.353 e. The van der Waals surface area contributed by atoms with E-state index in [-0.39, 0.29) is 11.3 Å². The number of hydrogen-bond donors (Lipinski definition) is 0. The molecule has 0 unspecified atom stereocenters. The van der Waals surface area contributed by atoms with Gasteiger partial charge in [0, 0.05) is 49.3 Å². The van der Waals surface area contributed by atoms with E-state index in [2.05, 4.69) is 20.0 Å². The number of carbonyl (C=O) groups excluding carboxylic acids is 1. The zero-order valence-corrected chi connectivity index (χ0v) is 15.6. The fourth-order valence-electron chi connectivity index (χ4n) is 3.17. The highest BCUT2D eigenvalue weighted by Crippen LogP contribution is 2.39. The Labute approximate surface area is 153 Å². The second kappa shape index (κ2) is 6.37. The van der Waals surface area contributed by atoms with Crippen LogP contribution in [0.4, 0.5) is 5.82 Å². The van der Waals surface area contributed by atoms with Gasteiger partial charge >= 0.3 is 0 Å². The highest BCUT2D eigenvalue weighted by atomic mass is 16.5. The van der Waals surface area contributed by atoms with E-state index in [0.29, 0.717) is 11.7 Å². The molecule has 0 N–H and O–H groups in total. The number of amides is 1. The van der Waals surface area contributed by atoms with Gasteiger partial charge in [-0.15, -0.1) is 0 Å². The van der Waals surface area contributed by atoms with Gasteiger partial charge in [-0.05, 0) is 25.0 Å². The summed E-state index contributed by atoms with van der Waals surface area (Å²) in [6, 6.07) is 3.97. The minimum absolute atomic E-state index is 0.212. The van der Waals surface area contributed by atoms with Crippen molar-refractivity contribution >= 4 is 11.7 Å². The van der Waals surface area contributed by atoms with Crippen molar-refractivity contribution in [3.8, 4) is 11.4 Å². The van der Waals surface area contributed by atoms with Crippen molar-refractivity contribution in [1.29, 1.82) is 0 Å². The third kappa shape index (κ3) is 3.43. The van der Waals surface area contributed by atoms with E-state index in [0.717, 1.165) is 56.3 Å². The molecule has 0 radical (unpaired) electrons. The maximum Gasteiger partial charge on any atom is 0.230 e. The van der Waals surface area contributed by atoms with Crippen LogP contribution in [-0.2, 0) is 4.79 Å². The van der Waals surface area contributed by atoms with E-state index in [9.17, 15) is 4.79 Å². The summed E-state index contributed by atoms with van der Waals surface area (Å²) in [4.78, 5) is 25.6. The zero-order chi connectivity index (χ0) is 18.3. The highest BCUT2D eigenvalue weighted by Gasteiger charge is 2.31. The van der Waals surface area contributed by atoms with Gasteiger partial charge in [0.25, 0.3) is 0 Å². The Balaban J connectivity index is 1.39. The molecule has 0 aromatic carbocycles. The summed E-state index contributed by atoms with van der Waals surface area (Å²) in [5.41, 5.74) is 0.539. The van der Waals surface area contributed by atoms with Crippen LogP contribution in [0.15, 0.2) is 22.9 Å². The first-order chi connectivity index (χ1) is 12.4. The number of pyridine rings is 1. The van der Waals surface area contributed by atoms with Crippen LogP contribution < -0.4 is 4.90 Å². The van der Waals surface area contributed by atoms with Crippen LogP contribution >= 0.6 is 0 Å². The molecule has 0 spiro atoms. The molecule has 2 aromatic heterocycles. The van der Waals surface area contributed by atoms with Crippen LogP contribution in [-0.4, -0.2) is 52.1 Å². The first-order valence-corrected chi connectivity index (χ1v) is 9.26. The topological polar surface area (TPSA) is 75.4 Å². The summed E-state index contributed by atoms with van der Waals surface area (Å²) in [5, 5.41) is 4.06. The number of hydrogen-bond acceptors (Lipinski definition) is 6. The summed E-state index contributed by atoms with van der Waals surface area (Å²) >= 11 is 0. The lowest BCUT2D eigenvalue weighted by Gasteiger charge is -2.38. The smallest absolute Gasteiger partial charge is 0.230 e. The summed E-state index contributed by atoms with van der Waals surface area (Å²) < 4.78 is 5.31. The Morgan fingerprint density at radius 3 is 2.46 bits per heavy atom. The van der Waals surface area contributed by atoms with Crippen molar-refractivity contribution in [1.82, 2.24) is 20.0 Å². The Morgan fingerprint density at radius 2 is 1.88 bits per heavy atom. The van der Waals surface area contributed by atoms with Gasteiger partial charge in [-0.1, -0.05) is 25.9 Å². The normalized spacial score (nSPS) is 18.3. The van der Waals surface area contributed by atoms with Gasteiger partial charge in [0.05, 0.1) is 0 Å². The molecule has 2 fully saturated rings. The van der Waals surface area contributed by atoms with Crippen molar-refractivity contribution in [2.75, 3.05) is 31.1 Å². The molecule has 2 aromatic rings. The molecule has 26 heavy (non-hydrogen) atoms. The van der Waals surface area contributed by atoms with Crippen LogP contribution in [0.5, 0.6) is 0 Å². The Morgan fingerprint density at radius 1 is 1.15 bits per heavy atom. The molecule has 2 aliphatic rings. The standard InChI is InChI=1S/C19H25N5O2/c1-19(2,3)18(25)24-10-8-23(9-11-24)15-7-6-14(12-20-15)16-21-17(26-22-16)13-4-5-13/h6-7,12-13H,4-5,8-11H2,1-3H3. The van der Waals surface area contributed by atoms with Crippen molar-refractivity contribution in [3.05, 3.63) is 24.2 Å². The predicted octanol–water partition coefficient (Wildman–Crippen LogP) is 2.70. The monoisotopic (exact) mass is 355 g/mol. The lowest BCUT2D eigenvalue weighted by Crippen LogP contribution is -2.51. The van der Waals surface area contributed by atoms with E-state index in [1.165, 1.54) is 0 Å². The Bertz CT molecular complexity index is 781. The molecule has 4 rings (SSSR count). The van der Waals surface area contributed by atoms with Crippen molar-refractivity contribution in [3.63, 3.8) is 0 Å². The fourth-order valence-corrected chi connectivity index (χ4v) is 3.17. The molecule has 7 heteroatoms. The molecule has 138 valence electrons. The number of rotatable bonds is 3. The fraction of sp³-hybridized carbons (Fsp3) is 0.579. The van der Waals surface area contributed by atoms with Crippen molar-refractivity contribution in [2.24, 2.45) is 5.41 Å². The summed E-state index contributed by atoms with van der Waals surface area (Å²) in [7, 11) is 0. The Hall–Kier alpha value is -2.44. The van der Waals surface area contributed by atoms with Gasteiger partial charge in [0.1, 0.15) is 5.82 Å². The molecule has 1 aliphatic carbocycles. The van der Waals surface area contributed by atoms with Gasteiger partial charge in [-0.3, -0.25) is 4.79 Å². The van der Waals surface area contributed by atoms with Crippen molar-refractivity contribution in [2.45, 2.75) is 39.5 Å².